The van der Waals surface area contributed by atoms with Crippen LogP contribution < -0.4 is 0 Å². The molecule has 3 aromatic rings. The monoisotopic (exact) mass is 290 g/mol. The zero-order chi connectivity index (χ0) is 15.0. The molecule has 0 bridgehead atoms. The van der Waals surface area contributed by atoms with Crippen LogP contribution in [0.3, 0.4) is 0 Å². The molecule has 0 spiro atoms. The van der Waals surface area contributed by atoms with Gasteiger partial charge in [0.25, 0.3) is 0 Å². The third kappa shape index (κ3) is 2.29. The van der Waals surface area contributed by atoms with Gasteiger partial charge in [-0.3, -0.25) is 9.20 Å². The number of benzene rings is 1. The summed E-state index contributed by atoms with van der Waals surface area (Å²) >= 11 is 0. The highest BCUT2D eigenvalue weighted by Gasteiger charge is 2.31. The van der Waals surface area contributed by atoms with E-state index in [9.17, 15) is 18.0 Å². The molecule has 0 aliphatic heterocycles. The Morgan fingerprint density at radius 1 is 1.05 bits per heavy atom. The molecular formula is C15H9F3N2O. The zero-order valence-corrected chi connectivity index (χ0v) is 10.6. The predicted octanol–water partition coefficient (Wildman–Crippen LogP) is 3.83. The number of hydrogen-bond acceptors (Lipinski definition) is 2. The smallest absolute Gasteiger partial charge is 0.296 e. The van der Waals surface area contributed by atoms with Crippen molar-refractivity contribution in [1.29, 1.82) is 0 Å². The van der Waals surface area contributed by atoms with E-state index in [-0.39, 0.29) is 5.69 Å². The molecule has 0 radical (unpaired) electrons. The first kappa shape index (κ1) is 13.4. The summed E-state index contributed by atoms with van der Waals surface area (Å²) in [5.41, 5.74) is 0.614. The van der Waals surface area contributed by atoms with Gasteiger partial charge in [0.1, 0.15) is 17.0 Å². The second-order valence-corrected chi connectivity index (χ2v) is 4.47. The van der Waals surface area contributed by atoms with Crippen LogP contribution in [-0.2, 0) is 6.18 Å². The second kappa shape index (κ2) is 4.73. The van der Waals surface area contributed by atoms with Gasteiger partial charge >= 0.3 is 6.18 Å². The molecule has 3 rings (SSSR count). The summed E-state index contributed by atoms with van der Waals surface area (Å²) in [7, 11) is 0. The number of nitrogens with zero attached hydrogens (tertiary/aromatic N) is 2. The number of fused-ring (bicyclic) bond motifs is 1. The molecule has 106 valence electrons. The molecule has 6 heteroatoms. The Labute approximate surface area is 117 Å². The van der Waals surface area contributed by atoms with Crippen LogP contribution in [0.1, 0.15) is 16.1 Å². The third-order valence-electron chi connectivity index (χ3n) is 3.14. The SMILES string of the molecule is O=Cc1c(-c2ccccc2)nc2ccc(C(F)(F)F)cn12. The summed E-state index contributed by atoms with van der Waals surface area (Å²) in [6.45, 7) is 0. The number of hydrogen-bond donors (Lipinski definition) is 0. The van der Waals surface area contributed by atoms with Gasteiger partial charge in [0.15, 0.2) is 6.29 Å². The number of alkyl halides is 3. The van der Waals surface area contributed by atoms with Crippen LogP contribution in [0.4, 0.5) is 13.2 Å². The summed E-state index contributed by atoms with van der Waals surface area (Å²) in [5, 5.41) is 0. The molecular weight excluding hydrogens is 281 g/mol. The van der Waals surface area contributed by atoms with E-state index in [1.165, 1.54) is 6.07 Å². The third-order valence-corrected chi connectivity index (χ3v) is 3.14. The molecule has 21 heavy (non-hydrogen) atoms. The molecule has 3 nitrogen and oxygen atoms in total. The molecule has 2 heterocycles. The average Bonchev–Trinajstić information content (AvgIpc) is 2.84. The Morgan fingerprint density at radius 3 is 2.38 bits per heavy atom. The minimum atomic E-state index is -4.47. The maximum Gasteiger partial charge on any atom is 0.417 e. The van der Waals surface area contributed by atoms with Gasteiger partial charge in [0, 0.05) is 11.8 Å². The molecule has 0 amide bonds. The van der Waals surface area contributed by atoms with E-state index in [4.69, 9.17) is 0 Å². The van der Waals surface area contributed by atoms with Crippen molar-refractivity contribution in [3.63, 3.8) is 0 Å². The van der Waals surface area contributed by atoms with Crippen molar-refractivity contribution < 1.29 is 18.0 Å². The first-order valence-corrected chi connectivity index (χ1v) is 6.10. The summed E-state index contributed by atoms with van der Waals surface area (Å²) in [6, 6.07) is 11.1. The molecule has 0 saturated heterocycles. The van der Waals surface area contributed by atoms with Gasteiger partial charge in [0.05, 0.1) is 5.56 Å². The van der Waals surface area contributed by atoms with Gasteiger partial charge in [-0.2, -0.15) is 13.2 Å². The van der Waals surface area contributed by atoms with Crippen molar-refractivity contribution in [3.8, 4) is 11.3 Å². The fourth-order valence-corrected chi connectivity index (χ4v) is 2.15. The second-order valence-electron chi connectivity index (χ2n) is 4.47. The van der Waals surface area contributed by atoms with Crippen LogP contribution in [0, 0.1) is 0 Å². The van der Waals surface area contributed by atoms with Crippen LogP contribution in [0.15, 0.2) is 48.7 Å². The first-order valence-electron chi connectivity index (χ1n) is 6.10. The number of carbonyl (C=O) groups is 1. The summed E-state index contributed by atoms with van der Waals surface area (Å²) < 4.78 is 39.4. The van der Waals surface area contributed by atoms with E-state index < -0.39 is 11.7 Å². The fraction of sp³-hybridized carbons (Fsp3) is 0.0667. The normalized spacial score (nSPS) is 11.8. The van der Waals surface area contributed by atoms with E-state index in [0.717, 1.165) is 16.7 Å². The summed E-state index contributed by atoms with van der Waals surface area (Å²) in [5.74, 6) is 0. The van der Waals surface area contributed by atoms with Crippen molar-refractivity contribution in [2.45, 2.75) is 6.18 Å². The largest absolute Gasteiger partial charge is 0.417 e. The molecule has 0 N–H and O–H groups in total. The lowest BCUT2D eigenvalue weighted by Crippen LogP contribution is -2.06. The van der Waals surface area contributed by atoms with Gasteiger partial charge in [-0.25, -0.2) is 4.98 Å². The van der Waals surface area contributed by atoms with Gasteiger partial charge in [-0.15, -0.1) is 0 Å². The van der Waals surface area contributed by atoms with Crippen molar-refractivity contribution >= 4 is 11.9 Å². The lowest BCUT2D eigenvalue weighted by atomic mass is 10.1. The molecule has 0 saturated carbocycles. The standard InChI is InChI=1S/C15H9F3N2O/c16-15(17,18)11-6-7-13-19-14(10-4-2-1-3-5-10)12(9-21)20(13)8-11/h1-9H. The lowest BCUT2D eigenvalue weighted by Gasteiger charge is -2.06. The molecule has 0 unspecified atom stereocenters. The summed E-state index contributed by atoms with van der Waals surface area (Å²) in [4.78, 5) is 15.5. The van der Waals surface area contributed by atoms with Crippen molar-refractivity contribution in [3.05, 3.63) is 59.9 Å². The lowest BCUT2D eigenvalue weighted by molar-refractivity contribution is -0.137. The minimum Gasteiger partial charge on any atom is -0.296 e. The highest BCUT2D eigenvalue weighted by Crippen LogP contribution is 2.31. The van der Waals surface area contributed by atoms with Crippen molar-refractivity contribution in [2.75, 3.05) is 0 Å². The van der Waals surface area contributed by atoms with Crippen LogP contribution in [-0.4, -0.2) is 15.7 Å². The van der Waals surface area contributed by atoms with Crippen LogP contribution in [0.2, 0.25) is 0 Å². The molecule has 0 aliphatic rings. The van der Waals surface area contributed by atoms with E-state index in [0.29, 0.717) is 23.2 Å². The van der Waals surface area contributed by atoms with E-state index in [1.807, 2.05) is 6.07 Å². The number of aldehydes is 1. The van der Waals surface area contributed by atoms with Crippen LogP contribution >= 0.6 is 0 Å². The Bertz CT molecular complexity index is 807. The Hall–Kier alpha value is -2.63. The summed E-state index contributed by atoms with van der Waals surface area (Å²) in [6.07, 6.45) is -3.06. The maximum absolute atomic E-state index is 12.8. The highest BCUT2D eigenvalue weighted by molar-refractivity contribution is 5.86. The van der Waals surface area contributed by atoms with Crippen molar-refractivity contribution in [2.24, 2.45) is 0 Å². The number of halogens is 3. The van der Waals surface area contributed by atoms with Gasteiger partial charge in [-0.1, -0.05) is 30.3 Å². The predicted molar refractivity (Wildman–Crippen MR) is 71.0 cm³/mol. The number of pyridine rings is 1. The Balaban J connectivity index is 2.27. The van der Waals surface area contributed by atoms with Crippen LogP contribution in [0.5, 0.6) is 0 Å². The Morgan fingerprint density at radius 2 is 1.76 bits per heavy atom. The van der Waals surface area contributed by atoms with Crippen molar-refractivity contribution in [1.82, 2.24) is 9.38 Å². The topological polar surface area (TPSA) is 34.4 Å². The number of rotatable bonds is 2. The fourth-order valence-electron chi connectivity index (χ4n) is 2.15. The molecule has 0 fully saturated rings. The molecule has 2 aromatic heterocycles. The van der Waals surface area contributed by atoms with E-state index in [1.54, 1.807) is 24.3 Å². The first-order chi connectivity index (χ1) is 10.0. The highest BCUT2D eigenvalue weighted by atomic mass is 19.4. The molecule has 1 aromatic carbocycles. The van der Waals surface area contributed by atoms with Gasteiger partial charge in [-0.05, 0) is 12.1 Å². The van der Waals surface area contributed by atoms with Crippen LogP contribution in [0.25, 0.3) is 16.9 Å². The van der Waals surface area contributed by atoms with Gasteiger partial charge < -0.3 is 0 Å². The number of imidazole rings is 1. The van der Waals surface area contributed by atoms with E-state index in [2.05, 4.69) is 4.98 Å². The molecule has 0 aliphatic carbocycles. The average molecular weight is 290 g/mol. The quantitative estimate of drug-likeness (QED) is 0.672. The van der Waals surface area contributed by atoms with Gasteiger partial charge in [0.2, 0.25) is 0 Å². The molecule has 0 atom stereocenters. The maximum atomic E-state index is 12.8. The number of aromatic nitrogens is 2. The van der Waals surface area contributed by atoms with E-state index >= 15 is 0 Å². The number of carbonyl (C=O) groups excluding carboxylic acids is 1. The minimum absolute atomic E-state index is 0.0994. The Kier molecular flexibility index (Phi) is 3.01. The zero-order valence-electron chi connectivity index (χ0n) is 10.6.